The Morgan fingerprint density at radius 3 is 2.59 bits per heavy atom. The second-order valence-electron chi connectivity index (χ2n) is 7.54. The summed E-state index contributed by atoms with van der Waals surface area (Å²) in [7, 11) is 0. The SMILES string of the molecule is CC(C)Oc1ccc2ccn(-c3cccc(-c4nccn4C(C)C)n3)c(=O)c2c1. The summed E-state index contributed by atoms with van der Waals surface area (Å²) in [6.07, 6.45) is 5.50. The zero-order valence-electron chi connectivity index (χ0n) is 17.0. The van der Waals surface area contributed by atoms with E-state index in [1.165, 1.54) is 0 Å². The maximum atomic E-state index is 13.2. The van der Waals surface area contributed by atoms with Gasteiger partial charge in [0.1, 0.15) is 17.3 Å². The highest BCUT2D eigenvalue weighted by atomic mass is 16.5. The van der Waals surface area contributed by atoms with Gasteiger partial charge in [-0.25, -0.2) is 9.97 Å². The van der Waals surface area contributed by atoms with Crippen molar-refractivity contribution < 1.29 is 4.74 Å². The van der Waals surface area contributed by atoms with Crippen molar-refractivity contribution in [2.75, 3.05) is 0 Å². The van der Waals surface area contributed by atoms with Crippen molar-refractivity contribution in [3.8, 4) is 23.1 Å². The quantitative estimate of drug-likeness (QED) is 0.501. The predicted octanol–water partition coefficient (Wildman–Crippen LogP) is 4.62. The van der Waals surface area contributed by atoms with E-state index in [1.807, 2.05) is 56.4 Å². The van der Waals surface area contributed by atoms with Crippen molar-refractivity contribution in [3.05, 3.63) is 71.4 Å². The van der Waals surface area contributed by atoms with Gasteiger partial charge < -0.3 is 9.30 Å². The van der Waals surface area contributed by atoms with Crippen LogP contribution in [0.25, 0.3) is 28.1 Å². The number of ether oxygens (including phenoxy) is 1. The fourth-order valence-electron chi connectivity index (χ4n) is 3.35. The van der Waals surface area contributed by atoms with Gasteiger partial charge in [0, 0.05) is 24.6 Å². The highest BCUT2D eigenvalue weighted by Gasteiger charge is 2.12. The largest absolute Gasteiger partial charge is 0.491 e. The average Bonchev–Trinajstić information content (AvgIpc) is 3.19. The van der Waals surface area contributed by atoms with Gasteiger partial charge in [-0.15, -0.1) is 0 Å². The number of nitrogens with zero attached hydrogens (tertiary/aromatic N) is 4. The van der Waals surface area contributed by atoms with E-state index in [1.54, 1.807) is 23.0 Å². The van der Waals surface area contributed by atoms with Gasteiger partial charge in [-0.3, -0.25) is 9.36 Å². The Morgan fingerprint density at radius 2 is 1.83 bits per heavy atom. The van der Waals surface area contributed by atoms with E-state index >= 15 is 0 Å². The molecular weight excluding hydrogens is 364 g/mol. The number of rotatable bonds is 5. The molecule has 148 valence electrons. The molecule has 6 heteroatoms. The van der Waals surface area contributed by atoms with Crippen LogP contribution in [0, 0.1) is 0 Å². The average molecular weight is 388 g/mol. The van der Waals surface area contributed by atoms with Crippen LogP contribution in [0.4, 0.5) is 0 Å². The zero-order chi connectivity index (χ0) is 20.5. The highest BCUT2D eigenvalue weighted by Crippen LogP contribution is 2.22. The Balaban J connectivity index is 1.81. The topological polar surface area (TPSA) is 61.9 Å². The van der Waals surface area contributed by atoms with Gasteiger partial charge in [0.05, 0.1) is 11.5 Å². The maximum absolute atomic E-state index is 13.2. The minimum atomic E-state index is -0.131. The summed E-state index contributed by atoms with van der Waals surface area (Å²) >= 11 is 0. The molecule has 0 N–H and O–H groups in total. The van der Waals surface area contributed by atoms with E-state index in [9.17, 15) is 4.79 Å². The minimum absolute atomic E-state index is 0.0430. The molecule has 0 fully saturated rings. The summed E-state index contributed by atoms with van der Waals surface area (Å²) in [5.41, 5.74) is 0.596. The van der Waals surface area contributed by atoms with Crippen LogP contribution >= 0.6 is 0 Å². The third-order valence-electron chi connectivity index (χ3n) is 4.68. The van der Waals surface area contributed by atoms with Crippen molar-refractivity contribution in [1.29, 1.82) is 0 Å². The summed E-state index contributed by atoms with van der Waals surface area (Å²) in [4.78, 5) is 22.4. The van der Waals surface area contributed by atoms with E-state index < -0.39 is 0 Å². The number of hydrogen-bond donors (Lipinski definition) is 0. The molecule has 0 saturated heterocycles. The van der Waals surface area contributed by atoms with Crippen molar-refractivity contribution in [3.63, 3.8) is 0 Å². The molecule has 6 nitrogen and oxygen atoms in total. The summed E-state index contributed by atoms with van der Waals surface area (Å²) in [5, 5.41) is 1.47. The lowest BCUT2D eigenvalue weighted by atomic mass is 10.1. The molecule has 29 heavy (non-hydrogen) atoms. The van der Waals surface area contributed by atoms with Gasteiger partial charge in [0.25, 0.3) is 5.56 Å². The monoisotopic (exact) mass is 388 g/mol. The lowest BCUT2D eigenvalue weighted by Crippen LogP contribution is -2.19. The minimum Gasteiger partial charge on any atom is -0.491 e. The van der Waals surface area contributed by atoms with Crippen LogP contribution in [0.1, 0.15) is 33.7 Å². The Bertz CT molecular complexity index is 1220. The number of aromatic nitrogens is 4. The van der Waals surface area contributed by atoms with Gasteiger partial charge in [-0.05, 0) is 63.4 Å². The zero-order valence-corrected chi connectivity index (χ0v) is 17.0. The predicted molar refractivity (Wildman–Crippen MR) is 115 cm³/mol. The molecule has 4 aromatic rings. The number of benzene rings is 1. The van der Waals surface area contributed by atoms with Crippen LogP contribution in [-0.4, -0.2) is 25.2 Å². The van der Waals surface area contributed by atoms with Crippen LogP contribution in [0.5, 0.6) is 5.75 Å². The smallest absolute Gasteiger partial charge is 0.264 e. The third kappa shape index (κ3) is 3.66. The van der Waals surface area contributed by atoms with Crippen molar-refractivity contribution >= 4 is 10.8 Å². The van der Waals surface area contributed by atoms with E-state index in [0.29, 0.717) is 17.0 Å². The first-order valence-corrected chi connectivity index (χ1v) is 9.77. The van der Waals surface area contributed by atoms with Crippen molar-refractivity contribution in [2.45, 2.75) is 39.8 Å². The van der Waals surface area contributed by atoms with Crippen molar-refractivity contribution in [2.24, 2.45) is 0 Å². The molecule has 0 aliphatic rings. The standard InChI is InChI=1S/C23H24N4O2/c1-15(2)26-13-11-24-22(26)20-6-5-7-21(25-20)27-12-10-17-8-9-18(29-16(3)4)14-19(17)23(27)28/h5-16H,1-4H3. The summed E-state index contributed by atoms with van der Waals surface area (Å²) in [6.45, 7) is 8.12. The second-order valence-corrected chi connectivity index (χ2v) is 7.54. The van der Waals surface area contributed by atoms with Crippen LogP contribution in [0.15, 0.2) is 65.8 Å². The van der Waals surface area contributed by atoms with Gasteiger partial charge >= 0.3 is 0 Å². The molecule has 0 amide bonds. The molecule has 0 unspecified atom stereocenters. The third-order valence-corrected chi connectivity index (χ3v) is 4.68. The van der Waals surface area contributed by atoms with E-state index in [-0.39, 0.29) is 17.7 Å². The number of fused-ring (bicyclic) bond motifs is 1. The van der Waals surface area contributed by atoms with Crippen molar-refractivity contribution in [1.82, 2.24) is 19.1 Å². The van der Waals surface area contributed by atoms with Crippen LogP contribution < -0.4 is 10.3 Å². The first-order valence-electron chi connectivity index (χ1n) is 9.77. The normalized spacial score (nSPS) is 11.5. The van der Waals surface area contributed by atoms with Crippen LogP contribution in [0.2, 0.25) is 0 Å². The fraction of sp³-hybridized carbons (Fsp3) is 0.261. The van der Waals surface area contributed by atoms with Gasteiger partial charge in [-0.1, -0.05) is 12.1 Å². The fourth-order valence-corrected chi connectivity index (χ4v) is 3.35. The van der Waals surface area contributed by atoms with Crippen LogP contribution in [-0.2, 0) is 0 Å². The molecule has 0 radical (unpaired) electrons. The molecule has 0 aliphatic carbocycles. The molecule has 0 aliphatic heterocycles. The molecule has 0 spiro atoms. The summed E-state index contributed by atoms with van der Waals surface area (Å²) in [5.74, 6) is 2.02. The van der Waals surface area contributed by atoms with Gasteiger partial charge in [0.15, 0.2) is 5.82 Å². The summed E-state index contributed by atoms with van der Waals surface area (Å²) in [6, 6.07) is 13.4. The first kappa shape index (κ1) is 18.9. The molecule has 4 rings (SSSR count). The molecule has 3 aromatic heterocycles. The lowest BCUT2D eigenvalue weighted by molar-refractivity contribution is 0.243. The summed E-state index contributed by atoms with van der Waals surface area (Å²) < 4.78 is 9.38. The molecule has 0 bridgehead atoms. The lowest BCUT2D eigenvalue weighted by Gasteiger charge is -2.13. The Kier molecular flexibility index (Phi) is 4.92. The Hall–Kier alpha value is -3.41. The molecule has 0 saturated carbocycles. The molecule has 1 aromatic carbocycles. The molecule has 0 atom stereocenters. The van der Waals surface area contributed by atoms with Crippen LogP contribution in [0.3, 0.4) is 0 Å². The van der Waals surface area contributed by atoms with E-state index in [2.05, 4.69) is 23.4 Å². The Labute approximate surface area is 169 Å². The first-order chi connectivity index (χ1) is 13.9. The van der Waals surface area contributed by atoms with Gasteiger partial charge in [-0.2, -0.15) is 0 Å². The number of hydrogen-bond acceptors (Lipinski definition) is 4. The molecule has 3 heterocycles. The number of pyridine rings is 2. The molecular formula is C23H24N4O2. The van der Waals surface area contributed by atoms with E-state index in [4.69, 9.17) is 9.72 Å². The van der Waals surface area contributed by atoms with Gasteiger partial charge in [0.2, 0.25) is 0 Å². The maximum Gasteiger partial charge on any atom is 0.264 e. The number of imidazole rings is 1. The second kappa shape index (κ2) is 7.54. The highest BCUT2D eigenvalue weighted by molar-refractivity contribution is 5.83. The van der Waals surface area contributed by atoms with E-state index in [0.717, 1.165) is 16.9 Å². The Morgan fingerprint density at radius 1 is 1.00 bits per heavy atom.